The molecule has 2 aromatic rings. The zero-order valence-electron chi connectivity index (χ0n) is 11.6. The van der Waals surface area contributed by atoms with E-state index in [2.05, 4.69) is 22.4 Å². The lowest BCUT2D eigenvalue weighted by Gasteiger charge is -2.18. The van der Waals surface area contributed by atoms with Crippen LogP contribution in [0.2, 0.25) is 5.02 Å². The van der Waals surface area contributed by atoms with Gasteiger partial charge in [0.1, 0.15) is 0 Å². The Morgan fingerprint density at radius 1 is 1.25 bits per heavy atom. The largest absolute Gasteiger partial charge is 0.480 e. The fraction of sp³-hybridized carbons (Fsp3) is 0.333. The zero-order valence-corrected chi connectivity index (χ0v) is 12.4. The van der Waals surface area contributed by atoms with Gasteiger partial charge in [-0.1, -0.05) is 30.7 Å². The van der Waals surface area contributed by atoms with E-state index in [0.29, 0.717) is 10.9 Å². The van der Waals surface area contributed by atoms with Crippen LogP contribution in [0.5, 0.6) is 5.88 Å². The average molecular weight is 292 g/mol. The van der Waals surface area contributed by atoms with E-state index in [1.54, 1.807) is 7.11 Å². The van der Waals surface area contributed by atoms with Gasteiger partial charge in [0.2, 0.25) is 5.88 Å². The predicted molar refractivity (Wildman–Crippen MR) is 80.2 cm³/mol. The monoisotopic (exact) mass is 291 g/mol. The number of nitrogens with one attached hydrogen (secondary N) is 1. The molecule has 0 fully saturated rings. The summed E-state index contributed by atoms with van der Waals surface area (Å²) in [5.41, 5.74) is 1.92. The summed E-state index contributed by atoms with van der Waals surface area (Å²) in [5, 5.41) is 12.4. The highest BCUT2D eigenvalue weighted by atomic mass is 35.5. The maximum Gasteiger partial charge on any atom is 0.233 e. The Balaban J connectivity index is 2.30. The van der Waals surface area contributed by atoms with Crippen LogP contribution >= 0.6 is 11.6 Å². The van der Waals surface area contributed by atoms with E-state index in [4.69, 9.17) is 16.3 Å². The molecule has 4 nitrogen and oxygen atoms in total. The molecule has 106 valence electrons. The number of aromatic nitrogens is 2. The van der Waals surface area contributed by atoms with Crippen LogP contribution < -0.4 is 10.1 Å². The second-order valence-electron chi connectivity index (χ2n) is 4.44. The van der Waals surface area contributed by atoms with E-state index in [1.165, 1.54) is 0 Å². The third-order valence-corrected chi connectivity index (χ3v) is 3.18. The SMILES string of the molecule is CCCNC(c1cccc(Cl)c1)c1ccc(OC)nn1. The molecule has 5 heteroatoms. The van der Waals surface area contributed by atoms with Gasteiger partial charge in [0.15, 0.2) is 0 Å². The van der Waals surface area contributed by atoms with Gasteiger partial charge in [-0.15, -0.1) is 10.2 Å². The third-order valence-electron chi connectivity index (χ3n) is 2.95. The normalized spacial score (nSPS) is 12.2. The van der Waals surface area contributed by atoms with Crippen molar-refractivity contribution in [1.82, 2.24) is 15.5 Å². The lowest BCUT2D eigenvalue weighted by Crippen LogP contribution is -2.24. The van der Waals surface area contributed by atoms with Gasteiger partial charge in [-0.25, -0.2) is 0 Å². The zero-order chi connectivity index (χ0) is 14.4. The fourth-order valence-corrected chi connectivity index (χ4v) is 2.16. The van der Waals surface area contributed by atoms with Crippen LogP contribution in [0.15, 0.2) is 36.4 Å². The molecule has 0 amide bonds. The third kappa shape index (κ3) is 3.68. The molecular weight excluding hydrogens is 274 g/mol. The first-order valence-corrected chi connectivity index (χ1v) is 6.99. The smallest absolute Gasteiger partial charge is 0.233 e. The van der Waals surface area contributed by atoms with E-state index in [9.17, 15) is 0 Å². The highest BCUT2D eigenvalue weighted by Crippen LogP contribution is 2.23. The predicted octanol–water partition coefficient (Wildman–Crippen LogP) is 3.23. The molecule has 1 heterocycles. The van der Waals surface area contributed by atoms with Crippen molar-refractivity contribution in [2.75, 3.05) is 13.7 Å². The molecule has 0 radical (unpaired) electrons. The molecule has 20 heavy (non-hydrogen) atoms. The van der Waals surface area contributed by atoms with Gasteiger partial charge in [0.25, 0.3) is 0 Å². The highest BCUT2D eigenvalue weighted by Gasteiger charge is 2.15. The van der Waals surface area contributed by atoms with Gasteiger partial charge in [0.05, 0.1) is 18.8 Å². The molecule has 1 unspecified atom stereocenters. The van der Waals surface area contributed by atoms with Gasteiger partial charge in [0, 0.05) is 11.1 Å². The molecule has 0 spiro atoms. The van der Waals surface area contributed by atoms with Crippen LogP contribution in [0, 0.1) is 0 Å². The standard InChI is InChI=1S/C15H18ClN3O/c1-3-9-17-15(11-5-4-6-12(16)10-11)13-7-8-14(20-2)19-18-13/h4-8,10,15,17H,3,9H2,1-2H3. The van der Waals surface area contributed by atoms with Crippen molar-refractivity contribution >= 4 is 11.6 Å². The number of ether oxygens (including phenoxy) is 1. The van der Waals surface area contributed by atoms with Crippen molar-refractivity contribution in [2.45, 2.75) is 19.4 Å². The summed E-state index contributed by atoms with van der Waals surface area (Å²) in [5.74, 6) is 0.508. The highest BCUT2D eigenvalue weighted by molar-refractivity contribution is 6.30. The van der Waals surface area contributed by atoms with Crippen molar-refractivity contribution in [2.24, 2.45) is 0 Å². The molecule has 1 aromatic carbocycles. The second kappa shape index (κ2) is 7.22. The first-order chi connectivity index (χ1) is 9.74. The van der Waals surface area contributed by atoms with Crippen molar-refractivity contribution in [3.8, 4) is 5.88 Å². The van der Waals surface area contributed by atoms with Gasteiger partial charge in [-0.2, -0.15) is 0 Å². The molecule has 0 saturated carbocycles. The lowest BCUT2D eigenvalue weighted by atomic mass is 10.0. The van der Waals surface area contributed by atoms with Crippen molar-refractivity contribution < 1.29 is 4.74 Å². The number of methoxy groups -OCH3 is 1. The number of nitrogens with zero attached hydrogens (tertiary/aromatic N) is 2. The molecule has 1 atom stereocenters. The Hall–Kier alpha value is -1.65. The maximum absolute atomic E-state index is 6.07. The van der Waals surface area contributed by atoms with Crippen LogP contribution in [0.3, 0.4) is 0 Å². The van der Waals surface area contributed by atoms with Crippen LogP contribution in [0.1, 0.15) is 30.6 Å². The van der Waals surface area contributed by atoms with Gasteiger partial charge in [-0.3, -0.25) is 0 Å². The molecule has 1 N–H and O–H groups in total. The number of hydrogen-bond donors (Lipinski definition) is 1. The summed E-state index contributed by atoms with van der Waals surface area (Å²) >= 11 is 6.07. The molecule has 0 bridgehead atoms. The minimum Gasteiger partial charge on any atom is -0.480 e. The second-order valence-corrected chi connectivity index (χ2v) is 4.88. The van der Waals surface area contributed by atoms with Gasteiger partial charge < -0.3 is 10.1 Å². The first-order valence-electron chi connectivity index (χ1n) is 6.61. The van der Waals surface area contributed by atoms with E-state index in [0.717, 1.165) is 24.2 Å². The lowest BCUT2D eigenvalue weighted by molar-refractivity contribution is 0.390. The molecule has 0 aliphatic rings. The van der Waals surface area contributed by atoms with Crippen molar-refractivity contribution in [3.63, 3.8) is 0 Å². The van der Waals surface area contributed by atoms with Gasteiger partial charge in [-0.05, 0) is 36.7 Å². The number of halogens is 1. The van der Waals surface area contributed by atoms with Gasteiger partial charge >= 0.3 is 0 Å². The summed E-state index contributed by atoms with van der Waals surface area (Å²) in [6, 6.07) is 11.5. The number of rotatable bonds is 6. The summed E-state index contributed by atoms with van der Waals surface area (Å²) in [6.07, 6.45) is 1.04. The fourth-order valence-electron chi connectivity index (χ4n) is 1.96. The van der Waals surface area contributed by atoms with E-state index in [-0.39, 0.29) is 6.04 Å². The Labute approximate surface area is 124 Å². The van der Waals surface area contributed by atoms with E-state index >= 15 is 0 Å². The van der Waals surface area contributed by atoms with Crippen LogP contribution in [-0.2, 0) is 0 Å². The first kappa shape index (κ1) is 14.8. The van der Waals surface area contributed by atoms with Crippen LogP contribution in [0.25, 0.3) is 0 Å². The van der Waals surface area contributed by atoms with Crippen LogP contribution in [-0.4, -0.2) is 23.9 Å². The molecule has 0 aliphatic heterocycles. The quantitative estimate of drug-likeness (QED) is 0.888. The minimum atomic E-state index is -0.0212. The van der Waals surface area contributed by atoms with Crippen molar-refractivity contribution in [3.05, 3.63) is 52.7 Å². The summed E-state index contributed by atoms with van der Waals surface area (Å²) in [7, 11) is 1.58. The number of benzene rings is 1. The Morgan fingerprint density at radius 3 is 2.70 bits per heavy atom. The molecule has 2 rings (SSSR count). The minimum absolute atomic E-state index is 0.0212. The molecular formula is C15H18ClN3O. The summed E-state index contributed by atoms with van der Waals surface area (Å²) < 4.78 is 5.04. The van der Waals surface area contributed by atoms with Crippen molar-refractivity contribution in [1.29, 1.82) is 0 Å². The van der Waals surface area contributed by atoms with E-state index in [1.807, 2.05) is 36.4 Å². The Morgan fingerprint density at radius 2 is 2.10 bits per heavy atom. The topological polar surface area (TPSA) is 47.0 Å². The molecule has 0 aliphatic carbocycles. The molecule has 1 aromatic heterocycles. The maximum atomic E-state index is 6.07. The summed E-state index contributed by atoms with van der Waals surface area (Å²) in [4.78, 5) is 0. The Kier molecular flexibility index (Phi) is 5.32. The number of hydrogen-bond acceptors (Lipinski definition) is 4. The summed E-state index contributed by atoms with van der Waals surface area (Å²) in [6.45, 7) is 3.02. The van der Waals surface area contributed by atoms with E-state index < -0.39 is 0 Å². The van der Waals surface area contributed by atoms with Crippen LogP contribution in [0.4, 0.5) is 0 Å². The molecule has 0 saturated heterocycles. The Bertz CT molecular complexity index is 545. The average Bonchev–Trinajstić information content (AvgIpc) is 2.48.